The van der Waals surface area contributed by atoms with E-state index in [4.69, 9.17) is 0 Å². The fourth-order valence-corrected chi connectivity index (χ4v) is 5.50. The Hall–Kier alpha value is -2.62. The van der Waals surface area contributed by atoms with Crippen molar-refractivity contribution >= 4 is 32.7 Å². The Labute approximate surface area is 185 Å². The third-order valence-corrected chi connectivity index (χ3v) is 7.96. The number of piperidine rings is 1. The molecule has 3 aromatic rings. The predicted octanol–water partition coefficient (Wildman–Crippen LogP) is 4.82. The van der Waals surface area contributed by atoms with Crippen LogP contribution in [-0.4, -0.2) is 37.0 Å². The summed E-state index contributed by atoms with van der Waals surface area (Å²) in [5.41, 5.74) is 4.71. The van der Waals surface area contributed by atoms with Crippen LogP contribution >= 0.6 is 11.3 Å². The van der Waals surface area contributed by atoms with Crippen molar-refractivity contribution in [3.63, 3.8) is 0 Å². The fraction of sp³-hybridized carbons (Fsp3) is 0.273. The van der Waals surface area contributed by atoms with Crippen LogP contribution in [0.25, 0.3) is 11.3 Å². The van der Waals surface area contributed by atoms with Crippen molar-refractivity contribution in [2.24, 2.45) is 11.0 Å². The zero-order chi connectivity index (χ0) is 21.8. The second-order valence-electron chi connectivity index (χ2n) is 7.54. The summed E-state index contributed by atoms with van der Waals surface area (Å²) in [6, 6.07) is 13.2. The number of halogens is 1. The summed E-state index contributed by atoms with van der Waals surface area (Å²) in [5.74, 6) is 0.222. The van der Waals surface area contributed by atoms with Gasteiger partial charge < -0.3 is 0 Å². The Morgan fingerprint density at radius 2 is 1.87 bits per heavy atom. The van der Waals surface area contributed by atoms with Gasteiger partial charge in [0, 0.05) is 29.6 Å². The number of rotatable bonds is 6. The van der Waals surface area contributed by atoms with E-state index in [0.29, 0.717) is 40.3 Å². The molecule has 162 valence electrons. The molecule has 0 spiro atoms. The smallest absolute Gasteiger partial charge is 0.243 e. The van der Waals surface area contributed by atoms with Gasteiger partial charge in [0.15, 0.2) is 0 Å². The van der Waals surface area contributed by atoms with Crippen molar-refractivity contribution < 1.29 is 12.8 Å². The van der Waals surface area contributed by atoms with E-state index in [1.54, 1.807) is 46.8 Å². The largest absolute Gasteiger partial charge is 0.253 e. The number of aromatic nitrogens is 1. The Balaban J connectivity index is 1.43. The van der Waals surface area contributed by atoms with Gasteiger partial charge in [-0.1, -0.05) is 37.3 Å². The molecule has 1 aromatic heterocycles. The zero-order valence-corrected chi connectivity index (χ0v) is 18.7. The van der Waals surface area contributed by atoms with Gasteiger partial charge >= 0.3 is 0 Å². The Kier molecular flexibility index (Phi) is 6.45. The number of hydrazone groups is 1. The summed E-state index contributed by atoms with van der Waals surface area (Å²) >= 11 is 1.36. The number of hydrogen-bond donors (Lipinski definition) is 1. The number of nitrogens with one attached hydrogen (secondary N) is 1. The number of sulfonamides is 1. The quantitative estimate of drug-likeness (QED) is 0.425. The summed E-state index contributed by atoms with van der Waals surface area (Å²) in [4.78, 5) is 4.76. The molecular weight excluding hydrogens is 435 g/mol. The summed E-state index contributed by atoms with van der Waals surface area (Å²) < 4.78 is 40.9. The zero-order valence-electron chi connectivity index (χ0n) is 17.0. The highest BCUT2D eigenvalue weighted by atomic mass is 32.2. The molecule has 1 saturated heterocycles. The second-order valence-corrected chi connectivity index (χ2v) is 10.3. The van der Waals surface area contributed by atoms with Gasteiger partial charge in [0.2, 0.25) is 15.2 Å². The third kappa shape index (κ3) is 5.00. The van der Waals surface area contributed by atoms with Crippen molar-refractivity contribution in [2.45, 2.75) is 24.7 Å². The SMILES string of the molecule is CC1CCN(S(=O)(=O)c2ccc(-c3csc(NN=Cc4ccccc4F)n3)cc2)CC1. The first-order valence-electron chi connectivity index (χ1n) is 10.0. The average Bonchev–Trinajstić information content (AvgIpc) is 3.24. The van der Waals surface area contributed by atoms with Gasteiger partial charge in [-0.05, 0) is 37.0 Å². The lowest BCUT2D eigenvalue weighted by molar-refractivity contribution is 0.288. The molecule has 0 atom stereocenters. The first kappa shape index (κ1) is 21.6. The van der Waals surface area contributed by atoms with Crippen LogP contribution in [0.3, 0.4) is 0 Å². The lowest BCUT2D eigenvalue weighted by Gasteiger charge is -2.29. The van der Waals surface area contributed by atoms with Gasteiger partial charge in [-0.3, -0.25) is 5.43 Å². The maximum atomic E-state index is 13.6. The van der Waals surface area contributed by atoms with E-state index in [0.717, 1.165) is 18.4 Å². The molecule has 0 bridgehead atoms. The van der Waals surface area contributed by atoms with Crippen LogP contribution in [0.4, 0.5) is 9.52 Å². The number of nitrogens with zero attached hydrogens (tertiary/aromatic N) is 3. The van der Waals surface area contributed by atoms with Crippen LogP contribution < -0.4 is 5.43 Å². The standard InChI is InChI=1S/C22H23FN4O2S2/c1-16-10-12-27(13-11-16)31(28,29)19-8-6-17(7-9-19)21-15-30-22(25-21)26-24-14-18-4-2-3-5-20(18)23/h2-9,14-16H,10-13H2,1H3,(H,25,26). The molecule has 1 aliphatic heterocycles. The van der Waals surface area contributed by atoms with Crippen molar-refractivity contribution in [1.82, 2.24) is 9.29 Å². The van der Waals surface area contributed by atoms with Gasteiger partial charge in [-0.25, -0.2) is 17.8 Å². The summed E-state index contributed by atoms with van der Waals surface area (Å²) in [6.45, 7) is 3.29. The lowest BCUT2D eigenvalue weighted by Crippen LogP contribution is -2.37. The second kappa shape index (κ2) is 9.25. The molecule has 2 aromatic carbocycles. The predicted molar refractivity (Wildman–Crippen MR) is 122 cm³/mol. The summed E-state index contributed by atoms with van der Waals surface area (Å²) in [6.07, 6.45) is 3.19. The molecule has 4 rings (SSSR count). The van der Waals surface area contributed by atoms with Gasteiger partial charge in [-0.15, -0.1) is 11.3 Å². The maximum Gasteiger partial charge on any atom is 0.243 e. The number of hydrogen-bond acceptors (Lipinski definition) is 6. The highest BCUT2D eigenvalue weighted by Crippen LogP contribution is 2.28. The molecule has 0 unspecified atom stereocenters. The van der Waals surface area contributed by atoms with E-state index < -0.39 is 10.0 Å². The summed E-state index contributed by atoms with van der Waals surface area (Å²) in [5, 5.41) is 6.45. The van der Waals surface area contributed by atoms with Crippen LogP contribution in [0.15, 0.2) is 63.9 Å². The normalized spacial score (nSPS) is 16.1. The molecule has 1 aliphatic rings. The Bertz CT molecular complexity index is 1170. The van der Waals surface area contributed by atoms with E-state index in [-0.39, 0.29) is 5.82 Å². The topological polar surface area (TPSA) is 74.7 Å². The molecule has 0 amide bonds. The fourth-order valence-electron chi connectivity index (χ4n) is 3.37. The molecule has 9 heteroatoms. The number of anilines is 1. The molecule has 0 radical (unpaired) electrons. The van der Waals surface area contributed by atoms with Crippen LogP contribution in [0, 0.1) is 11.7 Å². The third-order valence-electron chi connectivity index (χ3n) is 5.30. The molecule has 0 aliphatic carbocycles. The van der Waals surface area contributed by atoms with Crippen molar-refractivity contribution in [3.05, 3.63) is 65.3 Å². The monoisotopic (exact) mass is 458 g/mol. The minimum atomic E-state index is -3.47. The van der Waals surface area contributed by atoms with Crippen molar-refractivity contribution in [2.75, 3.05) is 18.5 Å². The first-order valence-corrected chi connectivity index (χ1v) is 12.3. The number of thiazole rings is 1. The highest BCUT2D eigenvalue weighted by molar-refractivity contribution is 7.89. The van der Waals surface area contributed by atoms with E-state index in [1.807, 2.05) is 5.38 Å². The van der Waals surface area contributed by atoms with Crippen LogP contribution in [0.5, 0.6) is 0 Å². The van der Waals surface area contributed by atoms with Crippen LogP contribution in [0.1, 0.15) is 25.3 Å². The van der Waals surface area contributed by atoms with Crippen LogP contribution in [-0.2, 0) is 10.0 Å². The molecule has 0 saturated carbocycles. The Morgan fingerprint density at radius 3 is 2.58 bits per heavy atom. The minimum Gasteiger partial charge on any atom is -0.253 e. The molecule has 2 heterocycles. The van der Waals surface area contributed by atoms with Gasteiger partial charge in [0.1, 0.15) is 5.82 Å². The average molecular weight is 459 g/mol. The van der Waals surface area contributed by atoms with Gasteiger partial charge in [-0.2, -0.15) is 9.41 Å². The molecule has 6 nitrogen and oxygen atoms in total. The van der Waals surface area contributed by atoms with Crippen LogP contribution in [0.2, 0.25) is 0 Å². The van der Waals surface area contributed by atoms with E-state index >= 15 is 0 Å². The number of benzene rings is 2. The van der Waals surface area contributed by atoms with Crippen molar-refractivity contribution in [3.8, 4) is 11.3 Å². The first-order chi connectivity index (χ1) is 14.9. The lowest BCUT2D eigenvalue weighted by atomic mass is 10.0. The van der Waals surface area contributed by atoms with Gasteiger partial charge in [0.05, 0.1) is 16.8 Å². The maximum absolute atomic E-state index is 13.6. The van der Waals surface area contributed by atoms with Gasteiger partial charge in [0.25, 0.3) is 0 Å². The molecule has 31 heavy (non-hydrogen) atoms. The summed E-state index contributed by atoms with van der Waals surface area (Å²) in [7, 11) is -3.47. The minimum absolute atomic E-state index is 0.300. The van der Waals surface area contributed by atoms with E-state index in [2.05, 4.69) is 22.4 Å². The molecule has 1 N–H and O–H groups in total. The molecular formula is C22H23FN4O2S2. The van der Waals surface area contributed by atoms with E-state index in [9.17, 15) is 12.8 Å². The highest BCUT2D eigenvalue weighted by Gasteiger charge is 2.27. The van der Waals surface area contributed by atoms with Crippen molar-refractivity contribution in [1.29, 1.82) is 0 Å². The molecule has 1 fully saturated rings. The van der Waals surface area contributed by atoms with E-state index in [1.165, 1.54) is 23.6 Å². The Morgan fingerprint density at radius 1 is 1.16 bits per heavy atom.